The van der Waals surface area contributed by atoms with Crippen LogP contribution < -0.4 is 5.73 Å². The Labute approximate surface area is 526 Å². The number of nitrogen functional groups attached to an aromatic ring is 1. The summed E-state index contributed by atoms with van der Waals surface area (Å²) in [5.41, 5.74) is -2.57. The van der Waals surface area contributed by atoms with Crippen molar-refractivity contribution >= 4 is 186 Å². The van der Waals surface area contributed by atoms with Gasteiger partial charge in [0, 0.05) is 26.9 Å². The third-order valence-electron chi connectivity index (χ3n) is 13.5. The lowest BCUT2D eigenvalue weighted by Gasteiger charge is -2.15. The van der Waals surface area contributed by atoms with Crippen LogP contribution in [-0.4, -0.2) is 119 Å². The number of nitrogens with two attached hydrogens (primary N) is 1. The van der Waals surface area contributed by atoms with E-state index in [1.807, 2.05) is 0 Å². The number of azo groups is 4. The number of phenolic OH excluding ortho intramolecular Hbond substituents is 3. The first-order chi connectivity index (χ1) is 43.3. The highest BCUT2D eigenvalue weighted by atomic mass is 32.2. The molecular weight excluding hydrogens is 1420 g/mol. The third-order valence-corrected chi connectivity index (χ3v) is 20.6. The lowest BCUT2D eigenvalue weighted by Crippen LogP contribution is -2.04. The summed E-state index contributed by atoms with van der Waals surface area (Å²) in [4.78, 5) is -9.94. The van der Waals surface area contributed by atoms with Crippen molar-refractivity contribution in [1.82, 2.24) is 0 Å². The molecule has 0 aliphatic heterocycles. The summed E-state index contributed by atoms with van der Waals surface area (Å²) in [6.45, 7) is 0. The fourth-order valence-corrected chi connectivity index (χ4v) is 15.1. The molecule has 94 heavy (non-hydrogen) atoms. The Balaban J connectivity index is 1.10. The number of hydrogen-bond donors (Lipinski definition) is 12. The minimum Gasteiger partial charge on any atom is -0.505 e. The van der Waals surface area contributed by atoms with Gasteiger partial charge in [0.05, 0.1) is 27.3 Å². The average molecular weight is 1450 g/mol. The second-order valence-electron chi connectivity index (χ2n) is 19.4. The van der Waals surface area contributed by atoms with E-state index < -0.39 is 215 Å². The predicted octanol–water partition coefficient (Wildman–Crippen LogP) is 9.79. The van der Waals surface area contributed by atoms with Crippen molar-refractivity contribution in [2.45, 2.75) is 39.2 Å². The van der Waals surface area contributed by atoms with Crippen molar-refractivity contribution in [3.05, 3.63) is 121 Å². The van der Waals surface area contributed by atoms with Crippen LogP contribution in [0.1, 0.15) is 0 Å². The molecule has 0 atom stereocenters. The van der Waals surface area contributed by atoms with E-state index in [9.17, 15) is 119 Å². The van der Waals surface area contributed by atoms with Gasteiger partial charge in [0.25, 0.3) is 80.9 Å². The van der Waals surface area contributed by atoms with Gasteiger partial charge in [-0.25, -0.2) is 0 Å². The Kier molecular flexibility index (Phi) is 16.6. The molecule has 0 spiro atoms. The topological polar surface area (TPSA) is 621 Å². The van der Waals surface area contributed by atoms with E-state index in [-0.39, 0.29) is 21.8 Å². The molecule has 0 heterocycles. The van der Waals surface area contributed by atoms with Gasteiger partial charge in [0.1, 0.15) is 68.4 Å². The van der Waals surface area contributed by atoms with Crippen LogP contribution in [-0.2, 0) is 80.9 Å². The number of rotatable bonds is 16. The second-order valence-corrected chi connectivity index (χ2v) is 30.5. The summed E-state index contributed by atoms with van der Waals surface area (Å²) >= 11 is 0. The first-order valence-electron chi connectivity index (χ1n) is 24.6. The van der Waals surface area contributed by atoms with Crippen LogP contribution in [0, 0.1) is 0 Å². The molecule has 0 radical (unpaired) electrons. The minimum atomic E-state index is -5.80. The van der Waals surface area contributed by atoms with Gasteiger partial charge in [-0.05, 0) is 106 Å². The van der Waals surface area contributed by atoms with E-state index in [2.05, 4.69) is 40.9 Å². The second kappa shape index (κ2) is 23.1. The van der Waals surface area contributed by atoms with Crippen molar-refractivity contribution in [3.8, 4) is 17.2 Å². The van der Waals surface area contributed by atoms with Crippen LogP contribution in [0.15, 0.2) is 201 Å². The third kappa shape index (κ3) is 12.9. The Hall–Kier alpha value is -9.62. The Morgan fingerprint density at radius 1 is 0.287 bits per heavy atom. The molecule has 488 valence electrons. The van der Waals surface area contributed by atoms with Gasteiger partial charge >= 0.3 is 0 Å². The van der Waals surface area contributed by atoms with E-state index in [1.54, 1.807) is 0 Å². The molecule has 10 aromatic carbocycles. The van der Waals surface area contributed by atoms with Gasteiger partial charge in [-0.15, -0.1) is 30.7 Å². The highest BCUT2D eigenvalue weighted by Gasteiger charge is 2.33. The van der Waals surface area contributed by atoms with Gasteiger partial charge in [-0.1, -0.05) is 36.4 Å². The molecule has 0 saturated heterocycles. The van der Waals surface area contributed by atoms with E-state index in [0.29, 0.717) is 41.8 Å². The van der Waals surface area contributed by atoms with Crippen LogP contribution in [0.3, 0.4) is 0 Å². The Morgan fingerprint density at radius 2 is 0.691 bits per heavy atom. The number of phenols is 3. The van der Waals surface area contributed by atoms with Crippen LogP contribution in [0.4, 0.5) is 51.2 Å². The van der Waals surface area contributed by atoms with Crippen molar-refractivity contribution in [2.75, 3.05) is 5.73 Å². The quantitative estimate of drug-likeness (QED) is 0.0243. The van der Waals surface area contributed by atoms with Gasteiger partial charge in [0.2, 0.25) is 0 Å². The van der Waals surface area contributed by atoms with Gasteiger partial charge in [0.15, 0.2) is 17.2 Å². The number of hydrogen-bond acceptors (Lipinski definition) is 28. The molecule has 0 aliphatic rings. The Morgan fingerprint density at radius 3 is 1.17 bits per heavy atom. The number of anilines is 1. The molecule has 0 aromatic heterocycles. The van der Waals surface area contributed by atoms with Crippen molar-refractivity contribution in [1.29, 1.82) is 0 Å². The predicted molar refractivity (Wildman–Crippen MR) is 324 cm³/mol. The number of aromatic hydroxyl groups is 3. The van der Waals surface area contributed by atoms with Crippen LogP contribution >= 0.6 is 0 Å². The molecule has 0 saturated carbocycles. The molecular formula is C50H33N9O27S8. The fourth-order valence-electron chi connectivity index (χ4n) is 9.54. The lowest BCUT2D eigenvalue weighted by atomic mass is 10.0. The zero-order valence-corrected chi connectivity index (χ0v) is 52.0. The summed E-state index contributed by atoms with van der Waals surface area (Å²) < 4.78 is 286. The molecule has 44 heteroatoms. The molecule has 0 amide bonds. The van der Waals surface area contributed by atoms with Crippen LogP contribution in [0.5, 0.6) is 17.2 Å². The molecule has 10 aromatic rings. The zero-order chi connectivity index (χ0) is 69.1. The molecule has 0 fully saturated rings. The normalized spacial score (nSPS) is 13.6. The lowest BCUT2D eigenvalue weighted by molar-refractivity contribution is 0.471. The van der Waals surface area contributed by atoms with Crippen molar-refractivity contribution in [3.63, 3.8) is 0 Å². The Bertz CT molecular complexity index is 6210. The van der Waals surface area contributed by atoms with E-state index in [4.69, 9.17) is 5.73 Å². The standard InChI is InChI=1S/C50H33N9O27S8/c51-41-40-24(16-36(89(69,70)71)42(41)56-54-33-11-9-30-31(49(33)93(81,82)83)20-39(92(78,79)80)44(47(30)61)58-53-26-14-23-3-1-2-4-28(23)35(18-26)88(66,67)68)17-37(90(72,73)74)45(48(40)62)59-55-34-12-10-29-32(50(34)94(84,85)86)19-38(91(75,76)77)43(46(29)60)57-52-25-7-5-22-15-27(87(63,64)65)8-6-21(22)13-25/h1-20,60-62H,51H2,(H,63,64,65)(H,66,67,68)(H,69,70,71)(H,72,73,74)(H,75,76,77)(H,78,79,80)(H,81,82,83)(H,84,85,86)/b56-54-,57-52-,58-53-,59-55?. The highest BCUT2D eigenvalue weighted by Crippen LogP contribution is 2.51. The number of benzene rings is 10. The molecule has 13 N–H and O–H groups in total. The number of nitrogens with zero attached hydrogens (tertiary/aromatic N) is 8. The maximum Gasteiger partial charge on any atom is 0.297 e. The van der Waals surface area contributed by atoms with Gasteiger partial charge in [-0.2, -0.15) is 77.6 Å². The smallest absolute Gasteiger partial charge is 0.297 e. The average Bonchev–Trinajstić information content (AvgIpc) is 0.750. The molecule has 36 nitrogen and oxygen atoms in total. The molecule has 10 rings (SSSR count). The molecule has 0 unspecified atom stereocenters. The monoisotopic (exact) mass is 1450 g/mol. The van der Waals surface area contributed by atoms with Crippen LogP contribution in [0.2, 0.25) is 0 Å². The van der Waals surface area contributed by atoms with E-state index in [0.717, 1.165) is 30.3 Å². The number of fused-ring (bicyclic) bond motifs is 5. The van der Waals surface area contributed by atoms with Crippen LogP contribution in [0.25, 0.3) is 53.9 Å². The van der Waals surface area contributed by atoms with Crippen molar-refractivity contribution < 1.29 is 119 Å². The summed E-state index contributed by atoms with van der Waals surface area (Å²) in [6.07, 6.45) is 0. The first kappa shape index (κ1) is 67.3. The van der Waals surface area contributed by atoms with E-state index >= 15 is 0 Å². The summed E-state index contributed by atoms with van der Waals surface area (Å²) in [7, 11) is -43.9. The van der Waals surface area contributed by atoms with Gasteiger partial charge in [-0.3, -0.25) is 36.4 Å². The SMILES string of the molecule is Nc1c(/N=N\c2ccc3c(O)c(/N=N\c4cc(S(=O)(=O)O)c5ccccc5c4)c(S(=O)(=O)O)cc3c2S(=O)(=O)O)c(S(=O)(=O)O)cc2cc(S(=O)(=O)O)c(N=Nc3ccc4c(O)c(/N=N\c5ccc6cc(S(=O)(=O)O)ccc6c5)c(S(=O)(=O)O)cc4c3S(=O)(=O)O)c(O)c12. The maximum atomic E-state index is 13.2. The zero-order valence-electron chi connectivity index (χ0n) is 45.4. The largest absolute Gasteiger partial charge is 0.505 e. The fraction of sp³-hybridized carbons (Fsp3) is 0. The molecule has 0 aliphatic carbocycles. The minimum absolute atomic E-state index is 0.00157. The summed E-state index contributed by atoms with van der Waals surface area (Å²) in [5, 5.41) is 59.3. The first-order valence-corrected chi connectivity index (χ1v) is 36.2. The summed E-state index contributed by atoms with van der Waals surface area (Å²) in [6, 6.07) is 18.9. The maximum absolute atomic E-state index is 13.2. The van der Waals surface area contributed by atoms with Gasteiger partial charge < -0.3 is 21.1 Å². The molecule has 0 bridgehead atoms. The van der Waals surface area contributed by atoms with E-state index in [1.165, 1.54) is 54.6 Å². The highest BCUT2D eigenvalue weighted by molar-refractivity contribution is 7.88. The summed E-state index contributed by atoms with van der Waals surface area (Å²) in [5.74, 6) is -4.11. The van der Waals surface area contributed by atoms with Crippen molar-refractivity contribution in [2.24, 2.45) is 40.9 Å².